The van der Waals surface area contributed by atoms with Crippen molar-refractivity contribution in [3.63, 3.8) is 0 Å². The lowest BCUT2D eigenvalue weighted by Crippen LogP contribution is -1.93. The molecule has 0 heterocycles. The van der Waals surface area contributed by atoms with Crippen LogP contribution in [0, 0.1) is 0 Å². The van der Waals surface area contributed by atoms with Gasteiger partial charge in [-0.25, -0.2) is 0 Å². The van der Waals surface area contributed by atoms with Gasteiger partial charge < -0.3 is 14.9 Å². The van der Waals surface area contributed by atoms with Crippen molar-refractivity contribution in [2.45, 2.75) is 13.2 Å². The van der Waals surface area contributed by atoms with Crippen LogP contribution in [0.4, 0.5) is 0 Å². The van der Waals surface area contributed by atoms with Crippen LogP contribution in [0.5, 0.6) is 0 Å². The van der Waals surface area contributed by atoms with Crippen LogP contribution in [0.15, 0.2) is 140 Å². The molecule has 0 aliphatic carbocycles. The highest BCUT2D eigenvalue weighted by molar-refractivity contribution is 5.15. The summed E-state index contributed by atoms with van der Waals surface area (Å²) >= 11 is 0. The first-order valence-corrected chi connectivity index (χ1v) is 9.24. The maximum atomic E-state index is 7.62. The Hall–Kier alpha value is -3.24. The second kappa shape index (κ2) is 56.3. The fourth-order valence-electron chi connectivity index (χ4n) is 1.44. The summed E-state index contributed by atoms with van der Waals surface area (Å²) in [6.07, 6.45) is 0. The molecule has 0 atom stereocenters. The van der Waals surface area contributed by atoms with Gasteiger partial charge in [0.2, 0.25) is 0 Å². The molecule has 0 aromatic heterocycles. The fourth-order valence-corrected chi connectivity index (χ4v) is 1.44. The molecule has 0 spiro atoms. The Morgan fingerprint density at radius 2 is 0.677 bits per heavy atom. The second-order valence-electron chi connectivity index (χ2n) is 3.91. The predicted octanol–water partition coefficient (Wildman–Crippen LogP) is 7.19. The van der Waals surface area contributed by atoms with E-state index in [1.807, 2.05) is 36.4 Å². The summed E-state index contributed by atoms with van der Waals surface area (Å²) < 4.78 is 5.61. The van der Waals surface area contributed by atoms with Gasteiger partial charge in [-0.15, -0.1) is 78.9 Å². The molecular weight excluding hydrogens is 384 g/mol. The van der Waals surface area contributed by atoms with Gasteiger partial charge in [-0.3, -0.25) is 0 Å². The van der Waals surface area contributed by atoms with Gasteiger partial charge >= 0.3 is 0 Å². The van der Waals surface area contributed by atoms with Gasteiger partial charge in [0.1, 0.15) is 0 Å². The first-order valence-electron chi connectivity index (χ1n) is 9.24. The second-order valence-corrected chi connectivity index (χ2v) is 3.91. The van der Waals surface area contributed by atoms with Crippen molar-refractivity contribution >= 4 is 0 Å². The van der Waals surface area contributed by atoms with E-state index in [-0.39, 0.29) is 13.2 Å². The molecule has 2 N–H and O–H groups in total. The van der Waals surface area contributed by atoms with Crippen molar-refractivity contribution in [1.29, 1.82) is 0 Å². The SMILES string of the molecule is C=C.C=C.C=C.C=C.C=C.C=C.OCCO.c1ccc(COCc2ccccc2)cc1. The monoisotopic (exact) mass is 428 g/mol. The maximum Gasteiger partial charge on any atom is 0.0721 e. The van der Waals surface area contributed by atoms with E-state index in [1.165, 1.54) is 11.1 Å². The average molecular weight is 429 g/mol. The summed E-state index contributed by atoms with van der Waals surface area (Å²) in [5, 5.41) is 15.2. The van der Waals surface area contributed by atoms with Crippen molar-refractivity contribution in [3.05, 3.63) is 151 Å². The summed E-state index contributed by atoms with van der Waals surface area (Å²) in [5.41, 5.74) is 2.43. The van der Waals surface area contributed by atoms with Gasteiger partial charge in [0.15, 0.2) is 0 Å². The predicted molar refractivity (Wildman–Crippen MR) is 143 cm³/mol. The van der Waals surface area contributed by atoms with E-state index in [4.69, 9.17) is 14.9 Å². The van der Waals surface area contributed by atoms with Gasteiger partial charge in [0.25, 0.3) is 0 Å². The fraction of sp³-hybridized carbons (Fsp3) is 0.143. The highest BCUT2D eigenvalue weighted by Crippen LogP contribution is 2.05. The molecule has 0 fully saturated rings. The zero-order chi connectivity index (χ0) is 25.8. The Morgan fingerprint density at radius 1 is 0.452 bits per heavy atom. The van der Waals surface area contributed by atoms with Crippen molar-refractivity contribution in [2.24, 2.45) is 0 Å². The summed E-state index contributed by atoms with van der Waals surface area (Å²) in [5.74, 6) is 0. The van der Waals surface area contributed by atoms with Gasteiger partial charge in [0.05, 0.1) is 26.4 Å². The molecule has 0 unspecified atom stereocenters. The van der Waals surface area contributed by atoms with Crippen LogP contribution in [0.3, 0.4) is 0 Å². The quantitative estimate of drug-likeness (QED) is 0.496. The molecule has 0 radical (unpaired) electrons. The normalized spacial score (nSPS) is 6.65. The van der Waals surface area contributed by atoms with E-state index in [0.29, 0.717) is 13.2 Å². The van der Waals surface area contributed by atoms with Gasteiger partial charge in [-0.2, -0.15) is 0 Å². The molecule has 0 bridgehead atoms. The maximum absolute atomic E-state index is 7.62. The molecule has 3 heteroatoms. The highest BCUT2D eigenvalue weighted by atomic mass is 16.5. The lowest BCUT2D eigenvalue weighted by atomic mass is 10.2. The summed E-state index contributed by atoms with van der Waals surface area (Å²) in [6, 6.07) is 20.4. The lowest BCUT2D eigenvalue weighted by molar-refractivity contribution is 0.107. The van der Waals surface area contributed by atoms with E-state index in [9.17, 15) is 0 Å². The number of benzene rings is 2. The summed E-state index contributed by atoms with van der Waals surface area (Å²) in [6.45, 7) is 37.1. The van der Waals surface area contributed by atoms with Crippen LogP contribution < -0.4 is 0 Å². The number of hydrogen-bond acceptors (Lipinski definition) is 3. The Bertz CT molecular complexity index is 443. The Balaban J connectivity index is -0.0000000824. The number of aliphatic hydroxyl groups is 2. The topological polar surface area (TPSA) is 49.7 Å². The molecule has 2 aromatic carbocycles. The first kappa shape index (κ1) is 42.0. The largest absolute Gasteiger partial charge is 0.394 e. The first-order chi connectivity index (χ1) is 15.4. The number of rotatable bonds is 5. The van der Waals surface area contributed by atoms with Gasteiger partial charge in [-0.05, 0) is 11.1 Å². The van der Waals surface area contributed by atoms with E-state index in [0.717, 1.165) is 0 Å². The van der Waals surface area contributed by atoms with Gasteiger partial charge in [0, 0.05) is 0 Å². The standard InChI is InChI=1S/C14H14O.C2H6O2.6C2H4/c1-3-7-13(8-4-1)11-15-12-14-9-5-2-6-10-14;3-1-2-4;6*1-2/h1-10H,11-12H2;3-4H,1-2H2;6*1-2H2. The molecule has 0 saturated carbocycles. The third-order valence-electron chi connectivity index (χ3n) is 2.32. The molecule has 174 valence electrons. The van der Waals surface area contributed by atoms with Crippen LogP contribution in [0.1, 0.15) is 11.1 Å². The highest BCUT2D eigenvalue weighted by Gasteiger charge is 1.93. The van der Waals surface area contributed by atoms with Crippen molar-refractivity contribution < 1.29 is 14.9 Å². The van der Waals surface area contributed by atoms with E-state index in [1.54, 1.807) is 0 Å². The zero-order valence-corrected chi connectivity index (χ0v) is 19.4. The van der Waals surface area contributed by atoms with E-state index in [2.05, 4.69) is 103 Å². The lowest BCUT2D eigenvalue weighted by Gasteiger charge is -2.03. The molecule has 0 aliphatic heterocycles. The summed E-state index contributed by atoms with van der Waals surface area (Å²) in [4.78, 5) is 0. The smallest absolute Gasteiger partial charge is 0.0721 e. The molecule has 0 aliphatic rings. The van der Waals surface area contributed by atoms with Crippen molar-refractivity contribution in [3.8, 4) is 0 Å². The van der Waals surface area contributed by atoms with Crippen LogP contribution in [0.2, 0.25) is 0 Å². The minimum atomic E-state index is -0.125. The molecule has 2 rings (SSSR count). The van der Waals surface area contributed by atoms with Crippen molar-refractivity contribution in [1.82, 2.24) is 0 Å². The number of aliphatic hydroxyl groups excluding tert-OH is 2. The molecule has 31 heavy (non-hydrogen) atoms. The Morgan fingerprint density at radius 3 is 0.871 bits per heavy atom. The molecule has 2 aromatic rings. The van der Waals surface area contributed by atoms with Crippen LogP contribution in [0.25, 0.3) is 0 Å². The van der Waals surface area contributed by atoms with Crippen molar-refractivity contribution in [2.75, 3.05) is 13.2 Å². The third kappa shape index (κ3) is 42.0. The van der Waals surface area contributed by atoms with Crippen LogP contribution in [-0.4, -0.2) is 23.4 Å². The Labute approximate surface area is 192 Å². The third-order valence-corrected chi connectivity index (χ3v) is 2.32. The Kier molecular flexibility index (Phi) is 76.2. The summed E-state index contributed by atoms with van der Waals surface area (Å²) in [7, 11) is 0. The minimum absolute atomic E-state index is 0.125. The van der Waals surface area contributed by atoms with E-state index >= 15 is 0 Å². The molecule has 3 nitrogen and oxygen atoms in total. The van der Waals surface area contributed by atoms with Crippen LogP contribution in [-0.2, 0) is 18.0 Å². The van der Waals surface area contributed by atoms with Gasteiger partial charge in [-0.1, -0.05) is 60.7 Å². The minimum Gasteiger partial charge on any atom is -0.394 e. The molecule has 0 saturated heterocycles. The molecular formula is C28H44O3. The number of ether oxygens (including phenoxy) is 1. The average Bonchev–Trinajstić information content (AvgIpc) is 2.92. The van der Waals surface area contributed by atoms with Crippen LogP contribution >= 0.6 is 0 Å². The molecule has 0 amide bonds. The van der Waals surface area contributed by atoms with E-state index < -0.39 is 0 Å². The zero-order valence-electron chi connectivity index (χ0n) is 19.4. The number of hydrogen-bond donors (Lipinski definition) is 2.